The van der Waals surface area contributed by atoms with Crippen molar-refractivity contribution < 1.29 is 0 Å². The van der Waals surface area contributed by atoms with Crippen molar-refractivity contribution >= 4 is 38.9 Å². The molecule has 7 aromatic carbocycles. The first-order valence-electron chi connectivity index (χ1n) is 16.2. The maximum Gasteiger partial charge on any atom is 0.145 e. The quantitative estimate of drug-likeness (QED) is 0.195. The van der Waals surface area contributed by atoms with Crippen molar-refractivity contribution in [1.29, 1.82) is 0 Å². The summed E-state index contributed by atoms with van der Waals surface area (Å²) in [5, 5.41) is 2.49. The molecule has 0 spiro atoms. The Morgan fingerprint density at radius 3 is 1.79 bits per heavy atom. The van der Waals surface area contributed by atoms with Crippen LogP contribution in [0.2, 0.25) is 0 Å². The minimum absolute atomic E-state index is 0.180. The van der Waals surface area contributed by atoms with Crippen LogP contribution in [-0.2, 0) is 5.41 Å². The summed E-state index contributed by atoms with van der Waals surface area (Å²) >= 11 is 0. The average Bonchev–Trinajstić information content (AvgIpc) is 3.63. The molecular formula is C44H33N3. The van der Waals surface area contributed by atoms with E-state index < -0.39 is 0 Å². The smallest absolute Gasteiger partial charge is 0.145 e. The summed E-state index contributed by atoms with van der Waals surface area (Å²) in [6.45, 7) is 4.74. The van der Waals surface area contributed by atoms with Crippen molar-refractivity contribution in [3.05, 3.63) is 175 Å². The molecule has 0 amide bonds. The lowest BCUT2D eigenvalue weighted by molar-refractivity contribution is 0.666. The van der Waals surface area contributed by atoms with Crippen LogP contribution in [0, 0.1) is 0 Å². The minimum atomic E-state index is -0.180. The van der Waals surface area contributed by atoms with Gasteiger partial charge in [-0.25, -0.2) is 4.98 Å². The third kappa shape index (κ3) is 4.24. The summed E-state index contributed by atoms with van der Waals surface area (Å²) in [5.41, 5.74) is 12.9. The molecule has 1 heterocycles. The van der Waals surface area contributed by atoms with E-state index in [2.05, 4.69) is 187 Å². The summed E-state index contributed by atoms with van der Waals surface area (Å²) in [5.74, 6) is 0.953. The number of fused-ring (bicyclic) bond motifs is 7. The van der Waals surface area contributed by atoms with Crippen molar-refractivity contribution in [2.45, 2.75) is 19.3 Å². The van der Waals surface area contributed by atoms with Gasteiger partial charge in [-0.05, 0) is 82.2 Å². The van der Waals surface area contributed by atoms with E-state index in [0.717, 1.165) is 45.2 Å². The van der Waals surface area contributed by atoms with E-state index in [9.17, 15) is 0 Å². The van der Waals surface area contributed by atoms with Crippen LogP contribution in [0.15, 0.2) is 164 Å². The fourth-order valence-electron chi connectivity index (χ4n) is 7.66. The lowest BCUT2D eigenvalue weighted by atomic mass is 9.80. The van der Waals surface area contributed by atoms with Gasteiger partial charge in [-0.3, -0.25) is 4.57 Å². The molecule has 0 bridgehead atoms. The molecule has 0 saturated carbocycles. The number of benzene rings is 7. The standard InChI is InChI=1S/C44H33N3/c1-44(2)39-27-23-34(46(31-17-9-4-10-18-31)32-19-11-5-12-20-32)29-38(39)36-24-25-37-35(41(36)44)26-28-40-42(37)47(33-21-13-6-14-22-33)43(45-40)30-15-7-3-8-16-30/h3-29H,1-2H3. The second-order valence-corrected chi connectivity index (χ2v) is 12.9. The number of para-hydroxylation sites is 3. The van der Waals surface area contributed by atoms with Gasteiger partial charge in [0.15, 0.2) is 0 Å². The Kier molecular flexibility index (Phi) is 6.16. The van der Waals surface area contributed by atoms with Crippen LogP contribution in [-0.4, -0.2) is 9.55 Å². The van der Waals surface area contributed by atoms with E-state index in [0.29, 0.717) is 0 Å². The fourth-order valence-corrected chi connectivity index (χ4v) is 7.66. The molecule has 0 saturated heterocycles. The van der Waals surface area contributed by atoms with Crippen LogP contribution in [0.4, 0.5) is 17.1 Å². The van der Waals surface area contributed by atoms with E-state index in [1.807, 2.05) is 0 Å². The molecule has 0 aliphatic heterocycles. The van der Waals surface area contributed by atoms with Gasteiger partial charge in [0.1, 0.15) is 5.82 Å². The average molecular weight is 604 g/mol. The van der Waals surface area contributed by atoms with Gasteiger partial charge < -0.3 is 4.90 Å². The van der Waals surface area contributed by atoms with Gasteiger partial charge in [0.2, 0.25) is 0 Å². The predicted molar refractivity (Wildman–Crippen MR) is 196 cm³/mol. The van der Waals surface area contributed by atoms with Crippen LogP contribution >= 0.6 is 0 Å². The van der Waals surface area contributed by atoms with Crippen LogP contribution in [0.25, 0.3) is 50.0 Å². The third-order valence-corrected chi connectivity index (χ3v) is 9.74. The number of rotatable bonds is 5. The largest absolute Gasteiger partial charge is 0.310 e. The van der Waals surface area contributed by atoms with Gasteiger partial charge in [0.25, 0.3) is 0 Å². The maximum atomic E-state index is 5.22. The highest BCUT2D eigenvalue weighted by Crippen LogP contribution is 2.53. The zero-order valence-electron chi connectivity index (χ0n) is 26.4. The molecule has 3 heteroatoms. The van der Waals surface area contributed by atoms with Crippen molar-refractivity contribution in [2.75, 3.05) is 4.90 Å². The highest BCUT2D eigenvalue weighted by atomic mass is 15.1. The molecule has 0 fully saturated rings. The summed E-state index contributed by atoms with van der Waals surface area (Å²) in [7, 11) is 0. The molecule has 1 aliphatic rings. The van der Waals surface area contributed by atoms with Gasteiger partial charge in [-0.1, -0.05) is 123 Å². The molecule has 224 valence electrons. The van der Waals surface area contributed by atoms with E-state index in [1.165, 1.54) is 33.0 Å². The topological polar surface area (TPSA) is 21.1 Å². The zero-order valence-corrected chi connectivity index (χ0v) is 26.4. The lowest BCUT2D eigenvalue weighted by Gasteiger charge is -2.27. The molecule has 8 aromatic rings. The first kappa shape index (κ1) is 27.4. The zero-order chi connectivity index (χ0) is 31.5. The maximum absolute atomic E-state index is 5.22. The van der Waals surface area contributed by atoms with Gasteiger partial charge in [-0.15, -0.1) is 0 Å². The molecule has 0 atom stereocenters. The van der Waals surface area contributed by atoms with Crippen LogP contribution in [0.5, 0.6) is 0 Å². The Balaban J connectivity index is 1.28. The SMILES string of the molecule is CC1(C)c2ccc(N(c3ccccc3)c3ccccc3)cc2-c2ccc3c(ccc4nc(-c5ccccc5)n(-c5ccccc5)c43)c21. The Morgan fingerprint density at radius 1 is 0.532 bits per heavy atom. The second kappa shape index (κ2) is 10.6. The highest BCUT2D eigenvalue weighted by Gasteiger charge is 2.38. The van der Waals surface area contributed by atoms with Crippen molar-refractivity contribution in [2.24, 2.45) is 0 Å². The molecule has 3 nitrogen and oxygen atoms in total. The number of hydrogen-bond acceptors (Lipinski definition) is 2. The van der Waals surface area contributed by atoms with E-state index >= 15 is 0 Å². The number of anilines is 3. The van der Waals surface area contributed by atoms with Crippen molar-refractivity contribution in [1.82, 2.24) is 9.55 Å². The molecule has 47 heavy (non-hydrogen) atoms. The van der Waals surface area contributed by atoms with Crippen molar-refractivity contribution in [3.8, 4) is 28.2 Å². The molecule has 0 radical (unpaired) electrons. The number of nitrogens with zero attached hydrogens (tertiary/aromatic N) is 3. The monoisotopic (exact) mass is 603 g/mol. The second-order valence-electron chi connectivity index (χ2n) is 12.9. The van der Waals surface area contributed by atoms with Crippen LogP contribution in [0.1, 0.15) is 25.0 Å². The Morgan fingerprint density at radius 2 is 1.13 bits per heavy atom. The normalized spacial score (nSPS) is 13.1. The number of imidazole rings is 1. The summed E-state index contributed by atoms with van der Waals surface area (Å²) in [4.78, 5) is 7.57. The summed E-state index contributed by atoms with van der Waals surface area (Å²) in [6.07, 6.45) is 0. The van der Waals surface area contributed by atoms with Crippen LogP contribution in [0.3, 0.4) is 0 Å². The van der Waals surface area contributed by atoms with Crippen molar-refractivity contribution in [3.63, 3.8) is 0 Å². The number of hydrogen-bond donors (Lipinski definition) is 0. The molecule has 0 N–H and O–H groups in total. The van der Waals surface area contributed by atoms with Gasteiger partial charge >= 0.3 is 0 Å². The molecule has 9 rings (SSSR count). The molecule has 1 aliphatic carbocycles. The first-order valence-corrected chi connectivity index (χ1v) is 16.2. The molecular weight excluding hydrogens is 571 g/mol. The Hall–Kier alpha value is -5.93. The van der Waals surface area contributed by atoms with E-state index in [4.69, 9.17) is 4.98 Å². The van der Waals surface area contributed by atoms with E-state index in [1.54, 1.807) is 0 Å². The number of aromatic nitrogens is 2. The summed E-state index contributed by atoms with van der Waals surface area (Å²) in [6, 6.07) is 58.6. The highest BCUT2D eigenvalue weighted by molar-refractivity contribution is 6.11. The minimum Gasteiger partial charge on any atom is -0.310 e. The summed E-state index contributed by atoms with van der Waals surface area (Å²) < 4.78 is 2.34. The van der Waals surface area contributed by atoms with Gasteiger partial charge in [-0.2, -0.15) is 0 Å². The lowest BCUT2D eigenvalue weighted by Crippen LogP contribution is -2.16. The fraction of sp³-hybridized carbons (Fsp3) is 0.0682. The van der Waals surface area contributed by atoms with Gasteiger partial charge in [0, 0.05) is 39.1 Å². The van der Waals surface area contributed by atoms with Gasteiger partial charge in [0.05, 0.1) is 11.0 Å². The van der Waals surface area contributed by atoms with E-state index in [-0.39, 0.29) is 5.41 Å². The van der Waals surface area contributed by atoms with Crippen LogP contribution < -0.4 is 4.90 Å². The molecule has 1 aromatic heterocycles. The predicted octanol–water partition coefficient (Wildman–Crippen LogP) is 11.6. The third-order valence-electron chi connectivity index (χ3n) is 9.74. The Bertz CT molecular complexity index is 2370. The first-order chi connectivity index (χ1) is 23.1. The Labute approximate surface area is 275 Å². The molecule has 0 unspecified atom stereocenters.